The van der Waals surface area contributed by atoms with Gasteiger partial charge in [-0.1, -0.05) is 0 Å². The summed E-state index contributed by atoms with van der Waals surface area (Å²) in [6, 6.07) is 0.490. The largest absolute Gasteiger partial charge is 0.500 e. The number of hydrogen-bond acceptors (Lipinski definition) is 6. The average Bonchev–Trinajstić information content (AvgIpc) is 2.60. The van der Waals surface area contributed by atoms with E-state index in [2.05, 4.69) is 4.74 Å². The summed E-state index contributed by atoms with van der Waals surface area (Å²) in [7, 11) is 1.88. The van der Waals surface area contributed by atoms with Crippen LogP contribution in [-0.2, 0) is 27.6 Å². The molecule has 0 spiro atoms. The molecule has 0 radical (unpaired) electrons. The standard InChI is InChI=1S/C9H16O6Si/c1-12-16(13-2,14-3)5-4-7-6-8(10)15-9(7)11/h7H,4-6H2,1-3H3. The summed E-state index contributed by atoms with van der Waals surface area (Å²) in [6.45, 7) is 0. The number of esters is 2. The van der Waals surface area contributed by atoms with E-state index >= 15 is 0 Å². The molecular formula is C9H16O6Si. The number of rotatable bonds is 6. The van der Waals surface area contributed by atoms with Crippen LogP contribution in [0.5, 0.6) is 0 Å². The van der Waals surface area contributed by atoms with Gasteiger partial charge in [0.1, 0.15) is 0 Å². The van der Waals surface area contributed by atoms with Crippen molar-refractivity contribution in [2.75, 3.05) is 21.3 Å². The highest BCUT2D eigenvalue weighted by Gasteiger charge is 2.41. The molecule has 1 fully saturated rings. The molecule has 1 saturated heterocycles. The maximum Gasteiger partial charge on any atom is 0.500 e. The van der Waals surface area contributed by atoms with Crippen LogP contribution < -0.4 is 0 Å². The molecule has 1 aliphatic rings. The smallest absolute Gasteiger partial charge is 0.393 e. The van der Waals surface area contributed by atoms with Gasteiger partial charge in [-0.2, -0.15) is 0 Å². The van der Waals surface area contributed by atoms with E-state index in [0.29, 0.717) is 12.5 Å². The number of carbonyl (C=O) groups is 2. The average molecular weight is 248 g/mol. The Morgan fingerprint density at radius 1 is 1.25 bits per heavy atom. The van der Waals surface area contributed by atoms with E-state index in [-0.39, 0.29) is 12.3 Å². The second-order valence-corrected chi connectivity index (χ2v) is 6.62. The highest BCUT2D eigenvalue weighted by Crippen LogP contribution is 2.25. The van der Waals surface area contributed by atoms with Gasteiger partial charge in [-0.25, -0.2) is 0 Å². The predicted octanol–water partition coefficient (Wildman–Crippen LogP) is 0.344. The minimum absolute atomic E-state index is 0.139. The molecule has 1 unspecified atom stereocenters. The molecule has 0 aromatic carbocycles. The van der Waals surface area contributed by atoms with E-state index < -0.39 is 20.7 Å². The van der Waals surface area contributed by atoms with Gasteiger partial charge in [-0.15, -0.1) is 0 Å². The first-order chi connectivity index (χ1) is 7.56. The first-order valence-corrected chi connectivity index (χ1v) is 6.90. The Kier molecular flexibility index (Phi) is 4.60. The highest BCUT2D eigenvalue weighted by atomic mass is 28.4. The molecular weight excluding hydrogens is 232 g/mol. The SMILES string of the molecule is CO[Si](CCC1CC(=O)OC1=O)(OC)OC. The van der Waals surface area contributed by atoms with Gasteiger partial charge in [-0.05, 0) is 6.42 Å². The highest BCUT2D eigenvalue weighted by molar-refractivity contribution is 6.60. The van der Waals surface area contributed by atoms with Crippen molar-refractivity contribution in [3.8, 4) is 0 Å². The molecule has 1 rings (SSSR count). The van der Waals surface area contributed by atoms with Crippen LogP contribution in [0.1, 0.15) is 12.8 Å². The lowest BCUT2D eigenvalue weighted by atomic mass is 10.1. The Morgan fingerprint density at radius 3 is 2.19 bits per heavy atom. The van der Waals surface area contributed by atoms with Crippen molar-refractivity contribution in [3.63, 3.8) is 0 Å². The van der Waals surface area contributed by atoms with Crippen LogP contribution in [0.4, 0.5) is 0 Å². The van der Waals surface area contributed by atoms with Gasteiger partial charge in [0, 0.05) is 27.4 Å². The topological polar surface area (TPSA) is 71.1 Å². The van der Waals surface area contributed by atoms with Gasteiger partial charge in [0.15, 0.2) is 0 Å². The molecule has 16 heavy (non-hydrogen) atoms. The van der Waals surface area contributed by atoms with Crippen LogP contribution in [0.15, 0.2) is 0 Å². The van der Waals surface area contributed by atoms with Gasteiger partial charge < -0.3 is 18.0 Å². The van der Waals surface area contributed by atoms with E-state index in [1.807, 2.05) is 0 Å². The summed E-state index contributed by atoms with van der Waals surface area (Å²) in [5.41, 5.74) is 0. The zero-order chi connectivity index (χ0) is 12.2. The van der Waals surface area contributed by atoms with Crippen molar-refractivity contribution >= 4 is 20.7 Å². The molecule has 0 saturated carbocycles. The summed E-state index contributed by atoms with van der Waals surface area (Å²) in [5.74, 6) is -1.31. The summed E-state index contributed by atoms with van der Waals surface area (Å²) >= 11 is 0. The third-order valence-electron chi connectivity index (χ3n) is 2.69. The maximum absolute atomic E-state index is 11.2. The Bertz CT molecular complexity index is 267. The Balaban J connectivity index is 2.49. The van der Waals surface area contributed by atoms with Crippen LogP contribution in [0, 0.1) is 5.92 Å². The van der Waals surface area contributed by atoms with Gasteiger partial charge in [0.05, 0.1) is 12.3 Å². The quantitative estimate of drug-likeness (QED) is 0.383. The van der Waals surface area contributed by atoms with Gasteiger partial charge in [0.2, 0.25) is 0 Å². The molecule has 0 aromatic rings. The number of cyclic esters (lactones) is 2. The fourth-order valence-corrected chi connectivity index (χ4v) is 3.46. The minimum Gasteiger partial charge on any atom is -0.393 e. The molecule has 1 atom stereocenters. The zero-order valence-electron chi connectivity index (χ0n) is 9.65. The zero-order valence-corrected chi connectivity index (χ0v) is 10.6. The Morgan fingerprint density at radius 2 is 1.81 bits per heavy atom. The lowest BCUT2D eigenvalue weighted by molar-refractivity contribution is -0.153. The monoisotopic (exact) mass is 248 g/mol. The molecule has 1 heterocycles. The van der Waals surface area contributed by atoms with E-state index in [9.17, 15) is 9.59 Å². The van der Waals surface area contributed by atoms with E-state index in [1.54, 1.807) is 0 Å². The first kappa shape index (κ1) is 13.3. The number of carbonyl (C=O) groups excluding carboxylic acids is 2. The summed E-state index contributed by atoms with van der Waals surface area (Å²) in [6.07, 6.45) is 0.618. The van der Waals surface area contributed by atoms with Gasteiger partial charge in [-0.3, -0.25) is 9.59 Å². The molecule has 92 valence electrons. The molecule has 1 aliphatic heterocycles. The van der Waals surface area contributed by atoms with Gasteiger partial charge >= 0.3 is 20.7 Å². The molecule has 0 bridgehead atoms. The normalized spacial score (nSPS) is 21.3. The van der Waals surface area contributed by atoms with Crippen LogP contribution in [-0.4, -0.2) is 42.1 Å². The van der Waals surface area contributed by atoms with Crippen LogP contribution >= 0.6 is 0 Å². The number of hydrogen-bond donors (Lipinski definition) is 0. The molecule has 6 nitrogen and oxygen atoms in total. The second kappa shape index (κ2) is 5.53. The van der Waals surface area contributed by atoms with Crippen molar-refractivity contribution in [2.45, 2.75) is 18.9 Å². The first-order valence-electron chi connectivity index (χ1n) is 4.97. The summed E-state index contributed by atoms with van der Waals surface area (Å²) < 4.78 is 20.1. The predicted molar refractivity (Wildman–Crippen MR) is 55.4 cm³/mol. The lowest BCUT2D eigenvalue weighted by Crippen LogP contribution is -2.43. The fraction of sp³-hybridized carbons (Fsp3) is 0.778. The summed E-state index contributed by atoms with van der Waals surface area (Å²) in [4.78, 5) is 22.1. The molecule has 7 heteroatoms. The van der Waals surface area contributed by atoms with E-state index in [0.717, 1.165) is 0 Å². The molecule has 0 N–H and O–H groups in total. The molecule has 0 aromatic heterocycles. The van der Waals surface area contributed by atoms with Crippen molar-refractivity contribution in [3.05, 3.63) is 0 Å². The second-order valence-electron chi connectivity index (χ2n) is 3.53. The third kappa shape index (κ3) is 2.88. The maximum atomic E-state index is 11.2. The van der Waals surface area contributed by atoms with Crippen molar-refractivity contribution < 1.29 is 27.6 Å². The van der Waals surface area contributed by atoms with Gasteiger partial charge in [0.25, 0.3) is 0 Å². The number of ether oxygens (including phenoxy) is 1. The van der Waals surface area contributed by atoms with Crippen molar-refractivity contribution in [1.29, 1.82) is 0 Å². The fourth-order valence-electron chi connectivity index (χ4n) is 1.65. The lowest BCUT2D eigenvalue weighted by Gasteiger charge is -2.24. The van der Waals surface area contributed by atoms with Crippen molar-refractivity contribution in [2.24, 2.45) is 5.92 Å². The van der Waals surface area contributed by atoms with Crippen LogP contribution in [0.25, 0.3) is 0 Å². The minimum atomic E-state index is -2.66. The summed E-state index contributed by atoms with van der Waals surface area (Å²) in [5, 5.41) is 0. The van der Waals surface area contributed by atoms with E-state index in [4.69, 9.17) is 13.3 Å². The Hall–Kier alpha value is -0.763. The van der Waals surface area contributed by atoms with Crippen LogP contribution in [0.3, 0.4) is 0 Å². The van der Waals surface area contributed by atoms with E-state index in [1.165, 1.54) is 21.3 Å². The molecule has 0 amide bonds. The third-order valence-corrected chi connectivity index (χ3v) is 5.46. The Labute approximate surface area is 95.2 Å². The van der Waals surface area contributed by atoms with Crippen molar-refractivity contribution in [1.82, 2.24) is 0 Å². The molecule has 0 aliphatic carbocycles. The van der Waals surface area contributed by atoms with Crippen LogP contribution in [0.2, 0.25) is 6.04 Å².